The molecule has 27 nitrogen and oxygen atoms in total. The van der Waals surface area contributed by atoms with Gasteiger partial charge in [-0.3, -0.25) is 19.1 Å². The Morgan fingerprint density at radius 2 is 1.58 bits per heavy atom. The molecular weight excluding hydrogens is 783 g/mol. The second kappa shape index (κ2) is 15.8. The lowest BCUT2D eigenvalue weighted by molar-refractivity contribution is -0.0236. The zero-order valence-electron chi connectivity index (χ0n) is 25.5. The number of anilines is 1. The van der Waals surface area contributed by atoms with Crippen LogP contribution in [-0.4, -0.2) is 126 Å². The molecule has 0 bridgehead atoms. The average Bonchev–Trinajstić information content (AvgIpc) is 3.77. The van der Waals surface area contributed by atoms with E-state index in [1.54, 1.807) is 0 Å². The number of aromatic nitrogens is 6. The molecule has 0 aliphatic carbocycles. The van der Waals surface area contributed by atoms with Crippen LogP contribution in [0.25, 0.3) is 5.65 Å². The Hall–Kier alpha value is -3.63. The molecule has 3 aromatic heterocycles. The number of nitrogens with one attached hydrogen (secondary N) is 2. The van der Waals surface area contributed by atoms with E-state index in [9.17, 15) is 47.2 Å². The number of ether oxygens (including phenoxy) is 2. The predicted molar refractivity (Wildman–Crippen MR) is 161 cm³/mol. The molecule has 10 atom stereocenters. The summed E-state index contributed by atoms with van der Waals surface area (Å²) in [5.74, 6) is -1.76. The summed E-state index contributed by atoms with van der Waals surface area (Å²) in [4.78, 5) is 74.2. The normalized spacial score (nSPS) is 28.5. The van der Waals surface area contributed by atoms with E-state index < -0.39 is 103 Å². The van der Waals surface area contributed by atoms with Crippen LogP contribution in [0.1, 0.15) is 34.2 Å². The molecule has 5 rings (SSSR count). The number of rotatable bonds is 11. The minimum Gasteiger partial charge on any atom is -0.394 e. The van der Waals surface area contributed by atoms with Gasteiger partial charge in [0.15, 0.2) is 24.1 Å². The number of aliphatic imine (C=N–C) groups is 1. The summed E-state index contributed by atoms with van der Waals surface area (Å²) in [5, 5.41) is 32.2. The SMILES string of the molecule is NC(N)=NC(=O)c1ncc([C@@H]2O[C@H](CO)[C@@H](O)[C@H]2F)[nH]1.Nc1nn2c([C@@H]3O[C@H](COP(=O)(O)OP(=O)(O)OP(=O)(O)O)[C@@H](O)[C@H]3F)cnc2c(=O)[nH]1. The van der Waals surface area contributed by atoms with Gasteiger partial charge in [-0.1, -0.05) is 0 Å². The van der Waals surface area contributed by atoms with E-state index in [-0.39, 0.29) is 28.8 Å². The van der Waals surface area contributed by atoms with Crippen molar-refractivity contribution in [1.82, 2.24) is 29.5 Å². The van der Waals surface area contributed by atoms with E-state index in [4.69, 9.17) is 46.5 Å². The van der Waals surface area contributed by atoms with Crippen molar-refractivity contribution in [2.75, 3.05) is 18.9 Å². The number of aromatic amines is 2. The van der Waals surface area contributed by atoms with Gasteiger partial charge in [-0.2, -0.15) is 13.6 Å². The maximum atomic E-state index is 14.6. The Morgan fingerprint density at radius 3 is 2.17 bits per heavy atom. The Bertz CT molecular complexity index is 2000. The van der Waals surface area contributed by atoms with Crippen molar-refractivity contribution in [2.24, 2.45) is 16.5 Å². The van der Waals surface area contributed by atoms with Crippen LogP contribution >= 0.6 is 23.5 Å². The van der Waals surface area contributed by atoms with E-state index in [1.807, 2.05) is 0 Å². The standard InChI is InChI=1S/C10H15FN5O13P3.C10H14FN5O4/c11-5-6(17)4(2-26-31(22,23)29-32(24,25)28-30(19,20)21)27-7(5)3-1-13-8-9(18)14-10(12)15-16(3)8;11-5-6(18)4(2-17)20-7(5)3-1-14-8(15-3)9(19)16-10(12)13/h1,4-7,17H,2H2,(H,22,23)(H,24,25)(H2,19,20,21)(H3,12,14,15,18);1,4-7,17-18H,2H2,(H,14,15)(H4,12,13,16,19)/t2*4-,5-,6-,7+/m11/s1. The molecule has 5 heterocycles. The molecule has 0 saturated carbocycles. The number of carbonyl (C=O) groups is 1. The summed E-state index contributed by atoms with van der Waals surface area (Å²) in [6, 6.07) is 0. The number of carbonyl (C=O) groups excluding carboxylic acids is 1. The van der Waals surface area contributed by atoms with Gasteiger partial charge in [-0.05, 0) is 0 Å². The lowest BCUT2D eigenvalue weighted by Crippen LogP contribution is -2.31. The molecule has 3 aromatic rings. The Morgan fingerprint density at radius 1 is 0.962 bits per heavy atom. The number of fused-ring (bicyclic) bond motifs is 1. The van der Waals surface area contributed by atoms with Crippen LogP contribution in [0.5, 0.6) is 0 Å². The number of nitrogens with zero attached hydrogens (tertiary/aromatic N) is 5. The predicted octanol–water partition coefficient (Wildman–Crippen LogP) is -3.56. The second-order valence-electron chi connectivity index (χ2n) is 10.4. The third-order valence-electron chi connectivity index (χ3n) is 6.68. The molecular formula is C20H29F2N10O17P3. The molecule has 2 unspecified atom stereocenters. The number of aliphatic hydroxyl groups excluding tert-OH is 3. The maximum Gasteiger partial charge on any atom is 0.490 e. The molecule has 2 aliphatic rings. The molecule has 0 spiro atoms. The van der Waals surface area contributed by atoms with Crippen LogP contribution in [-0.2, 0) is 36.3 Å². The number of phosphoric ester groups is 1. The highest BCUT2D eigenvalue weighted by Crippen LogP contribution is 2.66. The van der Waals surface area contributed by atoms with E-state index in [0.717, 1.165) is 10.7 Å². The van der Waals surface area contributed by atoms with Crippen LogP contribution in [0.4, 0.5) is 14.7 Å². The van der Waals surface area contributed by atoms with Gasteiger partial charge >= 0.3 is 29.4 Å². The van der Waals surface area contributed by atoms with Crippen LogP contribution in [0.15, 0.2) is 22.2 Å². The van der Waals surface area contributed by atoms with E-state index in [1.165, 1.54) is 6.20 Å². The zero-order valence-corrected chi connectivity index (χ0v) is 28.1. The van der Waals surface area contributed by atoms with Crippen LogP contribution < -0.4 is 22.8 Å². The summed E-state index contributed by atoms with van der Waals surface area (Å²) in [7, 11) is -16.9. The zero-order chi connectivity index (χ0) is 38.9. The fourth-order valence-electron chi connectivity index (χ4n) is 4.57. The van der Waals surface area contributed by atoms with Gasteiger partial charge in [-0.25, -0.2) is 37.0 Å². The van der Waals surface area contributed by atoms with E-state index >= 15 is 0 Å². The third kappa shape index (κ3) is 9.86. The van der Waals surface area contributed by atoms with Gasteiger partial charge in [0.2, 0.25) is 11.6 Å². The van der Waals surface area contributed by atoms with Crippen molar-refractivity contribution in [3.63, 3.8) is 0 Å². The highest BCUT2D eigenvalue weighted by molar-refractivity contribution is 7.66. The first-order chi connectivity index (χ1) is 24.0. The number of hydrogen-bond donors (Lipinski definition) is 12. The van der Waals surface area contributed by atoms with Crippen molar-refractivity contribution in [1.29, 1.82) is 0 Å². The average molecular weight is 812 g/mol. The van der Waals surface area contributed by atoms with Gasteiger partial charge in [0.05, 0.1) is 37.0 Å². The third-order valence-corrected chi connectivity index (χ3v) is 10.5. The van der Waals surface area contributed by atoms with E-state index in [2.05, 4.69) is 43.2 Å². The summed E-state index contributed by atoms with van der Waals surface area (Å²) in [6.45, 7) is -1.61. The molecule has 52 heavy (non-hydrogen) atoms. The number of nitrogens with two attached hydrogens (primary N) is 3. The van der Waals surface area contributed by atoms with Gasteiger partial charge in [0.25, 0.3) is 5.56 Å². The van der Waals surface area contributed by atoms with Crippen LogP contribution in [0.3, 0.4) is 0 Å². The smallest absolute Gasteiger partial charge is 0.394 e. The molecule has 0 radical (unpaired) electrons. The van der Waals surface area contributed by atoms with Gasteiger partial charge in [0, 0.05) is 0 Å². The molecule has 15 N–H and O–H groups in total. The fraction of sp³-hybridized carbons (Fsp3) is 0.500. The number of alkyl halides is 2. The fourth-order valence-corrected chi connectivity index (χ4v) is 7.60. The first-order valence-corrected chi connectivity index (χ1v) is 18.3. The molecule has 2 fully saturated rings. The molecule has 2 aliphatic heterocycles. The monoisotopic (exact) mass is 812 g/mol. The molecule has 0 aromatic carbocycles. The van der Waals surface area contributed by atoms with Crippen molar-refractivity contribution in [3.05, 3.63) is 40.0 Å². The van der Waals surface area contributed by atoms with Gasteiger partial charge in [-0.15, -0.1) is 5.10 Å². The van der Waals surface area contributed by atoms with Crippen molar-refractivity contribution in [3.8, 4) is 0 Å². The topological polar surface area (TPSA) is 438 Å². The molecule has 290 valence electrons. The summed E-state index contributed by atoms with van der Waals surface area (Å²) in [5.41, 5.74) is 14.5. The number of phosphoric acid groups is 3. The first kappa shape index (κ1) is 41.1. The minimum absolute atomic E-state index is 0.140. The maximum absolute atomic E-state index is 14.6. The second-order valence-corrected chi connectivity index (χ2v) is 14.8. The summed E-state index contributed by atoms with van der Waals surface area (Å²) >= 11 is 0. The van der Waals surface area contributed by atoms with Crippen LogP contribution in [0.2, 0.25) is 0 Å². The van der Waals surface area contributed by atoms with Gasteiger partial charge < -0.3 is 66.6 Å². The summed E-state index contributed by atoms with van der Waals surface area (Å²) in [6.07, 6.45) is -10.6. The van der Waals surface area contributed by atoms with Crippen molar-refractivity contribution < 1.29 is 84.8 Å². The number of nitrogen functional groups attached to an aromatic ring is 1. The number of guanidine groups is 1. The lowest BCUT2D eigenvalue weighted by Gasteiger charge is -2.19. The summed E-state index contributed by atoms with van der Waals surface area (Å²) < 4.78 is 84.8. The van der Waals surface area contributed by atoms with Crippen LogP contribution in [0, 0.1) is 0 Å². The first-order valence-electron chi connectivity index (χ1n) is 13.8. The van der Waals surface area contributed by atoms with E-state index in [0.29, 0.717) is 0 Å². The van der Waals surface area contributed by atoms with Crippen molar-refractivity contribution >= 4 is 46.9 Å². The highest BCUT2D eigenvalue weighted by Gasteiger charge is 2.49. The highest BCUT2D eigenvalue weighted by atomic mass is 31.3. The number of imidazole rings is 2. The quantitative estimate of drug-likeness (QED) is 0.0506. The number of aliphatic hydroxyl groups is 3. The Kier molecular flexibility index (Phi) is 12.5. The molecule has 2 saturated heterocycles. The molecule has 32 heteroatoms. The van der Waals surface area contributed by atoms with Gasteiger partial charge in [0.1, 0.15) is 36.6 Å². The Balaban J connectivity index is 0.000000259. The largest absolute Gasteiger partial charge is 0.490 e. The number of H-pyrrole nitrogens is 2. The number of halogens is 2. The lowest BCUT2D eigenvalue weighted by atomic mass is 10.1. The van der Waals surface area contributed by atoms with Crippen molar-refractivity contribution in [2.45, 2.75) is 49.0 Å². The molecule has 1 amide bonds. The number of hydrogen-bond acceptors (Lipinski definition) is 17. The minimum atomic E-state index is -5.76. The number of amides is 1. The Labute approximate surface area is 285 Å².